The molecule has 0 saturated heterocycles. The maximum atomic E-state index is 5.42. The van der Waals surface area contributed by atoms with Crippen LogP contribution in [0, 0.1) is 0 Å². The fourth-order valence-electron chi connectivity index (χ4n) is 11.6. The maximum Gasteiger partial charge on any atom is 0.165 e. The lowest BCUT2D eigenvalue weighted by atomic mass is 9.63. The molecule has 64 heavy (non-hydrogen) atoms. The quantitative estimate of drug-likeness (QED) is 0.166. The van der Waals surface area contributed by atoms with Gasteiger partial charge < -0.3 is 4.57 Å². The molecule has 3 aliphatic rings. The van der Waals surface area contributed by atoms with Crippen LogP contribution in [-0.2, 0) is 5.41 Å². The van der Waals surface area contributed by atoms with Crippen LogP contribution in [0.15, 0.2) is 212 Å². The molecule has 0 saturated carbocycles. The van der Waals surface area contributed by atoms with E-state index < -0.39 is 5.41 Å². The Morgan fingerprint density at radius 1 is 0.406 bits per heavy atom. The van der Waals surface area contributed by atoms with Gasteiger partial charge in [-0.3, -0.25) is 0 Å². The Hall–Kier alpha value is -8.21. The average molecular weight is 815 g/mol. The van der Waals surface area contributed by atoms with Gasteiger partial charge in [-0.1, -0.05) is 188 Å². The SMILES string of the molecule is C1=CC2=C(CC1)C1(c3ccccc3-c3ccc(-c4c(-c5nc(-c6ccccc6)nc(-c6ccccc6)n5)c5ccccc5c5ccccc45)cc31)c1cccc3c4ccccc4n2c13. The molecule has 298 valence electrons. The van der Waals surface area contributed by atoms with E-state index in [1.165, 1.54) is 71.7 Å². The van der Waals surface area contributed by atoms with E-state index >= 15 is 0 Å². The van der Waals surface area contributed by atoms with Gasteiger partial charge in [0.25, 0.3) is 0 Å². The van der Waals surface area contributed by atoms with E-state index in [9.17, 15) is 0 Å². The minimum atomic E-state index is -0.507. The molecule has 11 aromatic rings. The normalized spacial score (nSPS) is 15.9. The summed E-state index contributed by atoms with van der Waals surface area (Å²) in [6.07, 6.45) is 6.73. The number of hydrogen-bond donors (Lipinski definition) is 0. The highest BCUT2D eigenvalue weighted by Gasteiger charge is 2.52. The molecule has 9 aromatic carbocycles. The van der Waals surface area contributed by atoms with Crippen LogP contribution in [0.4, 0.5) is 0 Å². The predicted molar refractivity (Wildman–Crippen MR) is 263 cm³/mol. The van der Waals surface area contributed by atoms with Crippen molar-refractivity contribution < 1.29 is 0 Å². The van der Waals surface area contributed by atoms with Crippen molar-refractivity contribution in [3.8, 4) is 56.4 Å². The van der Waals surface area contributed by atoms with Crippen LogP contribution in [0.2, 0.25) is 0 Å². The molecule has 3 heterocycles. The molecular formula is C60H38N4. The van der Waals surface area contributed by atoms with Gasteiger partial charge in [0.05, 0.1) is 16.4 Å². The lowest BCUT2D eigenvalue weighted by Crippen LogP contribution is -2.35. The molecular weight excluding hydrogens is 777 g/mol. The van der Waals surface area contributed by atoms with Gasteiger partial charge in [-0.05, 0) is 91.5 Å². The topological polar surface area (TPSA) is 43.6 Å². The van der Waals surface area contributed by atoms with E-state index in [4.69, 9.17) is 15.0 Å². The fourth-order valence-corrected chi connectivity index (χ4v) is 11.6. The van der Waals surface area contributed by atoms with Crippen molar-refractivity contribution in [1.29, 1.82) is 0 Å². The summed E-state index contributed by atoms with van der Waals surface area (Å²) in [6, 6.07) is 70.6. The predicted octanol–water partition coefficient (Wildman–Crippen LogP) is 14.8. The molecule has 2 aromatic heterocycles. The third-order valence-electron chi connectivity index (χ3n) is 14.1. The van der Waals surface area contributed by atoms with Gasteiger partial charge in [-0.25, -0.2) is 15.0 Å². The van der Waals surface area contributed by atoms with Crippen molar-refractivity contribution in [3.05, 3.63) is 229 Å². The summed E-state index contributed by atoms with van der Waals surface area (Å²) in [6.45, 7) is 0. The Morgan fingerprint density at radius 2 is 0.969 bits per heavy atom. The van der Waals surface area contributed by atoms with E-state index in [1.54, 1.807) is 0 Å². The molecule has 1 unspecified atom stereocenters. The molecule has 4 heteroatoms. The summed E-state index contributed by atoms with van der Waals surface area (Å²) in [5.41, 5.74) is 16.6. The minimum Gasteiger partial charge on any atom is -0.309 e. The van der Waals surface area contributed by atoms with Crippen LogP contribution < -0.4 is 0 Å². The largest absolute Gasteiger partial charge is 0.309 e. The zero-order chi connectivity index (χ0) is 41.9. The van der Waals surface area contributed by atoms with Crippen LogP contribution in [0.5, 0.6) is 0 Å². The number of rotatable bonds is 4. The van der Waals surface area contributed by atoms with Crippen molar-refractivity contribution in [1.82, 2.24) is 19.5 Å². The number of para-hydroxylation sites is 2. The Morgan fingerprint density at radius 3 is 1.70 bits per heavy atom. The second-order valence-corrected chi connectivity index (χ2v) is 17.3. The highest BCUT2D eigenvalue weighted by molar-refractivity contribution is 6.21. The first-order valence-electron chi connectivity index (χ1n) is 22.3. The summed E-state index contributed by atoms with van der Waals surface area (Å²) >= 11 is 0. The van der Waals surface area contributed by atoms with Crippen LogP contribution in [0.25, 0.3) is 105 Å². The van der Waals surface area contributed by atoms with Gasteiger partial charge >= 0.3 is 0 Å². The third-order valence-corrected chi connectivity index (χ3v) is 14.1. The molecule has 0 bridgehead atoms. The summed E-state index contributed by atoms with van der Waals surface area (Å²) in [7, 11) is 0. The van der Waals surface area contributed by atoms with E-state index in [2.05, 4.69) is 174 Å². The lowest BCUT2D eigenvalue weighted by molar-refractivity contribution is 0.683. The van der Waals surface area contributed by atoms with E-state index in [0.29, 0.717) is 17.5 Å². The Kier molecular flexibility index (Phi) is 7.41. The van der Waals surface area contributed by atoms with Gasteiger partial charge in [0.2, 0.25) is 0 Å². The number of nitrogens with zero attached hydrogens (tertiary/aromatic N) is 4. The van der Waals surface area contributed by atoms with Crippen molar-refractivity contribution in [2.75, 3.05) is 0 Å². The standard InChI is InChI=1S/C60H38N4/c1-3-18-37(19-4-1)57-61-58(38-20-5-2-6-21-38)63-59(62-57)55-46-27-10-8-23-41(46)40-22-7-9-26-45(40)54(55)39-34-35-43-42-24-11-13-29-48(42)60(51(43)36-39)49-30-14-16-33-53(49)64-52-32-15-12-25-44(52)47-28-17-31-50(60)56(47)64/h1-13,15-29,31-36H,14,30H2. The molecule has 14 rings (SSSR count). The molecule has 0 radical (unpaired) electrons. The molecule has 0 amide bonds. The second-order valence-electron chi connectivity index (χ2n) is 17.3. The number of benzene rings is 9. The van der Waals surface area contributed by atoms with Crippen molar-refractivity contribution in [2.24, 2.45) is 0 Å². The molecule has 0 N–H and O–H groups in total. The summed E-state index contributed by atoms with van der Waals surface area (Å²) in [4.78, 5) is 16.0. The first-order chi connectivity index (χ1) is 31.8. The number of aromatic nitrogens is 4. The lowest BCUT2D eigenvalue weighted by Gasteiger charge is -2.42. The zero-order valence-corrected chi connectivity index (χ0v) is 34.8. The van der Waals surface area contributed by atoms with Crippen LogP contribution >= 0.6 is 0 Å². The summed E-state index contributed by atoms with van der Waals surface area (Å²) in [5, 5.41) is 7.21. The van der Waals surface area contributed by atoms with Gasteiger partial charge in [-0.2, -0.15) is 0 Å². The van der Waals surface area contributed by atoms with E-state index in [-0.39, 0.29) is 0 Å². The van der Waals surface area contributed by atoms with Crippen LogP contribution in [0.1, 0.15) is 29.5 Å². The van der Waals surface area contributed by atoms with Crippen molar-refractivity contribution in [3.63, 3.8) is 0 Å². The first kappa shape index (κ1) is 35.4. The molecule has 2 aliphatic carbocycles. The first-order valence-corrected chi connectivity index (χ1v) is 22.3. The van der Waals surface area contributed by atoms with Crippen LogP contribution in [0.3, 0.4) is 0 Å². The van der Waals surface area contributed by atoms with Gasteiger partial charge in [0, 0.05) is 38.7 Å². The van der Waals surface area contributed by atoms with Gasteiger partial charge in [0.1, 0.15) is 0 Å². The molecule has 4 nitrogen and oxygen atoms in total. The smallest absolute Gasteiger partial charge is 0.165 e. The van der Waals surface area contributed by atoms with Gasteiger partial charge in [-0.15, -0.1) is 0 Å². The Balaban J connectivity index is 1.12. The number of hydrogen-bond acceptors (Lipinski definition) is 3. The van der Waals surface area contributed by atoms with Gasteiger partial charge in [0.15, 0.2) is 17.5 Å². The third kappa shape index (κ3) is 4.74. The number of allylic oxidation sites excluding steroid dienone is 4. The van der Waals surface area contributed by atoms with Crippen LogP contribution in [-0.4, -0.2) is 19.5 Å². The summed E-state index contributed by atoms with van der Waals surface area (Å²) < 4.78 is 2.56. The highest BCUT2D eigenvalue weighted by atomic mass is 15.0. The Bertz CT molecular complexity index is 3780. The summed E-state index contributed by atoms with van der Waals surface area (Å²) in [5.74, 6) is 1.94. The van der Waals surface area contributed by atoms with E-state index in [1.807, 2.05) is 36.4 Å². The van der Waals surface area contributed by atoms with E-state index in [0.717, 1.165) is 51.4 Å². The molecule has 1 aliphatic heterocycles. The minimum absolute atomic E-state index is 0.507. The highest BCUT2D eigenvalue weighted by Crippen LogP contribution is 2.63. The van der Waals surface area contributed by atoms with Crippen molar-refractivity contribution in [2.45, 2.75) is 18.3 Å². The molecule has 1 atom stereocenters. The maximum absolute atomic E-state index is 5.42. The monoisotopic (exact) mass is 814 g/mol. The molecule has 0 fully saturated rings. The fraction of sp³-hybridized carbons (Fsp3) is 0.0500. The average Bonchev–Trinajstić information content (AvgIpc) is 3.86. The van der Waals surface area contributed by atoms with Crippen molar-refractivity contribution >= 4 is 49.0 Å². The Labute approximate surface area is 370 Å². The zero-order valence-electron chi connectivity index (χ0n) is 34.8. The second kappa shape index (κ2) is 13.4. The number of fused-ring (bicyclic) bond motifs is 14. The molecule has 1 spiro atoms.